The van der Waals surface area contributed by atoms with Gasteiger partial charge in [-0.3, -0.25) is 9.78 Å². The van der Waals surface area contributed by atoms with Gasteiger partial charge >= 0.3 is 0 Å². The zero-order valence-electron chi connectivity index (χ0n) is 13.4. The molecule has 1 aromatic carbocycles. The minimum Gasteiger partial charge on any atom is -0.392 e. The van der Waals surface area contributed by atoms with E-state index in [1.165, 1.54) is 35.0 Å². The third-order valence-corrected chi connectivity index (χ3v) is 5.75. The second kappa shape index (κ2) is 7.26. The van der Waals surface area contributed by atoms with E-state index in [2.05, 4.69) is 15.3 Å². The number of nitrogens with one attached hydrogen (secondary N) is 1. The van der Waals surface area contributed by atoms with Crippen LogP contribution in [0.3, 0.4) is 0 Å². The number of anilines is 1. The van der Waals surface area contributed by atoms with E-state index in [1.807, 2.05) is 0 Å². The lowest BCUT2D eigenvalue weighted by Crippen LogP contribution is -2.42. The van der Waals surface area contributed by atoms with Crippen LogP contribution in [0.25, 0.3) is 0 Å². The number of sulfonamides is 1. The van der Waals surface area contributed by atoms with Gasteiger partial charge in [0.15, 0.2) is 0 Å². The van der Waals surface area contributed by atoms with E-state index in [1.54, 1.807) is 12.1 Å². The fraction of sp³-hybridized carbons (Fsp3) is 0.312. The Morgan fingerprint density at radius 1 is 1.32 bits per heavy atom. The molecule has 3 rings (SSSR count). The van der Waals surface area contributed by atoms with Crippen LogP contribution in [0.2, 0.25) is 0 Å². The molecule has 1 aromatic heterocycles. The Morgan fingerprint density at radius 2 is 2.16 bits per heavy atom. The van der Waals surface area contributed by atoms with Gasteiger partial charge < -0.3 is 10.4 Å². The van der Waals surface area contributed by atoms with Gasteiger partial charge in [0, 0.05) is 31.2 Å². The van der Waals surface area contributed by atoms with Crippen molar-refractivity contribution in [3.8, 4) is 0 Å². The van der Waals surface area contributed by atoms with Crippen LogP contribution < -0.4 is 5.32 Å². The van der Waals surface area contributed by atoms with Gasteiger partial charge in [0.2, 0.25) is 10.0 Å². The maximum atomic E-state index is 12.7. The van der Waals surface area contributed by atoms with Gasteiger partial charge in [-0.15, -0.1) is 0 Å². The minimum atomic E-state index is -3.72. The highest BCUT2D eigenvalue weighted by atomic mass is 32.2. The summed E-state index contributed by atoms with van der Waals surface area (Å²) in [5.74, 6) is -0.476. The molecular formula is C16H18N4O4S. The molecule has 9 heteroatoms. The highest BCUT2D eigenvalue weighted by Crippen LogP contribution is 2.23. The maximum Gasteiger partial charge on any atom is 0.275 e. The zero-order valence-corrected chi connectivity index (χ0v) is 14.2. The summed E-state index contributed by atoms with van der Waals surface area (Å²) >= 11 is 0. The summed E-state index contributed by atoms with van der Waals surface area (Å²) in [6.45, 7) is 0.452. The van der Waals surface area contributed by atoms with Crippen molar-refractivity contribution in [1.29, 1.82) is 0 Å². The van der Waals surface area contributed by atoms with Crippen LogP contribution in [-0.4, -0.2) is 52.9 Å². The third kappa shape index (κ3) is 4.01. The molecule has 1 amide bonds. The molecule has 25 heavy (non-hydrogen) atoms. The Morgan fingerprint density at radius 3 is 2.88 bits per heavy atom. The lowest BCUT2D eigenvalue weighted by Gasteiger charge is -2.29. The van der Waals surface area contributed by atoms with Gasteiger partial charge in [-0.05, 0) is 31.0 Å². The van der Waals surface area contributed by atoms with Crippen molar-refractivity contribution in [1.82, 2.24) is 14.3 Å². The molecule has 2 aromatic rings. The van der Waals surface area contributed by atoms with Crippen molar-refractivity contribution in [2.75, 3.05) is 18.4 Å². The maximum absolute atomic E-state index is 12.7. The molecule has 1 aliphatic heterocycles. The van der Waals surface area contributed by atoms with Gasteiger partial charge in [0.1, 0.15) is 5.69 Å². The van der Waals surface area contributed by atoms with Crippen molar-refractivity contribution in [2.24, 2.45) is 0 Å². The fourth-order valence-electron chi connectivity index (χ4n) is 2.63. The Kier molecular flexibility index (Phi) is 5.07. The van der Waals surface area contributed by atoms with Crippen molar-refractivity contribution in [3.05, 3.63) is 48.5 Å². The second-order valence-electron chi connectivity index (χ2n) is 5.73. The van der Waals surface area contributed by atoms with Crippen molar-refractivity contribution >= 4 is 21.6 Å². The van der Waals surface area contributed by atoms with Crippen LogP contribution in [0, 0.1) is 0 Å². The Hall–Kier alpha value is -2.36. The highest BCUT2D eigenvalue weighted by Gasteiger charge is 2.29. The summed E-state index contributed by atoms with van der Waals surface area (Å²) in [5, 5.41) is 12.3. The number of rotatable bonds is 4. The Balaban J connectivity index is 1.80. The molecule has 0 aliphatic carbocycles. The molecule has 1 aliphatic rings. The van der Waals surface area contributed by atoms with Crippen LogP contribution >= 0.6 is 0 Å². The van der Waals surface area contributed by atoms with Crippen LogP contribution in [-0.2, 0) is 10.0 Å². The largest absolute Gasteiger partial charge is 0.392 e. The number of carbonyl (C=O) groups is 1. The lowest BCUT2D eigenvalue weighted by molar-refractivity contribution is 0.102. The van der Waals surface area contributed by atoms with E-state index < -0.39 is 22.0 Å². The topological polar surface area (TPSA) is 112 Å². The van der Waals surface area contributed by atoms with Crippen molar-refractivity contribution < 1.29 is 18.3 Å². The quantitative estimate of drug-likeness (QED) is 0.835. The molecule has 2 N–H and O–H groups in total. The molecule has 1 saturated heterocycles. The molecule has 1 fully saturated rings. The van der Waals surface area contributed by atoms with Crippen molar-refractivity contribution in [2.45, 2.75) is 23.8 Å². The number of piperidine rings is 1. The normalized spacial score (nSPS) is 18.7. The van der Waals surface area contributed by atoms with Crippen LogP contribution in [0.4, 0.5) is 5.69 Å². The fourth-order valence-corrected chi connectivity index (χ4v) is 4.20. The van der Waals surface area contributed by atoms with Gasteiger partial charge in [0.25, 0.3) is 5.91 Å². The first-order valence-corrected chi connectivity index (χ1v) is 9.26. The van der Waals surface area contributed by atoms with Crippen LogP contribution in [0.15, 0.2) is 47.8 Å². The summed E-state index contributed by atoms with van der Waals surface area (Å²) in [6.07, 6.45) is 4.74. The van der Waals surface area contributed by atoms with Crippen LogP contribution in [0.5, 0.6) is 0 Å². The number of aromatic nitrogens is 2. The number of β-amino-alcohol motifs (C(OH)–C–C–N with tert-alkyl or cyclic N) is 1. The first-order valence-electron chi connectivity index (χ1n) is 7.82. The molecule has 0 unspecified atom stereocenters. The second-order valence-corrected chi connectivity index (χ2v) is 7.67. The van der Waals surface area contributed by atoms with E-state index in [0.717, 1.165) is 0 Å². The number of hydrogen-bond donors (Lipinski definition) is 2. The molecule has 0 spiro atoms. The third-order valence-electron chi connectivity index (χ3n) is 3.88. The molecule has 1 atom stereocenters. The van der Waals surface area contributed by atoms with Gasteiger partial charge in [-0.1, -0.05) is 6.07 Å². The monoisotopic (exact) mass is 362 g/mol. The van der Waals surface area contributed by atoms with Gasteiger partial charge in [-0.2, -0.15) is 4.31 Å². The smallest absolute Gasteiger partial charge is 0.275 e. The minimum absolute atomic E-state index is 0.0681. The molecule has 132 valence electrons. The van der Waals surface area contributed by atoms with E-state index in [0.29, 0.717) is 25.1 Å². The average molecular weight is 362 g/mol. The Labute approximate surface area is 145 Å². The van der Waals surface area contributed by atoms with E-state index in [9.17, 15) is 18.3 Å². The predicted molar refractivity (Wildman–Crippen MR) is 90.4 cm³/mol. The zero-order chi connectivity index (χ0) is 17.9. The SMILES string of the molecule is O=C(Nc1cccc(S(=O)(=O)N2CCC[C@@H](O)C2)c1)c1cnccn1. The number of benzene rings is 1. The summed E-state index contributed by atoms with van der Waals surface area (Å²) in [5.41, 5.74) is 0.476. The average Bonchev–Trinajstić information content (AvgIpc) is 2.62. The van der Waals surface area contributed by atoms with Crippen molar-refractivity contribution in [3.63, 3.8) is 0 Å². The first-order chi connectivity index (χ1) is 12.0. The number of carbonyl (C=O) groups excluding carboxylic acids is 1. The standard InChI is InChI=1S/C16H18N4O4S/c21-13-4-2-8-20(11-13)25(23,24)14-5-1-3-12(9-14)19-16(22)15-10-17-6-7-18-15/h1,3,5-7,9-10,13,21H,2,4,8,11H2,(H,19,22)/t13-/m1/s1. The van der Waals surface area contributed by atoms with Gasteiger partial charge in [-0.25, -0.2) is 13.4 Å². The number of aliphatic hydroxyl groups excluding tert-OH is 1. The summed E-state index contributed by atoms with van der Waals surface area (Å²) < 4.78 is 26.7. The summed E-state index contributed by atoms with van der Waals surface area (Å²) in [4.78, 5) is 19.9. The Bertz CT molecular complexity index is 857. The number of hydrogen-bond acceptors (Lipinski definition) is 6. The van der Waals surface area contributed by atoms with E-state index >= 15 is 0 Å². The molecule has 8 nitrogen and oxygen atoms in total. The molecule has 0 radical (unpaired) electrons. The van der Waals surface area contributed by atoms with Gasteiger partial charge in [0.05, 0.1) is 17.2 Å². The molecular weight excluding hydrogens is 344 g/mol. The van der Waals surface area contributed by atoms with Crippen LogP contribution in [0.1, 0.15) is 23.3 Å². The number of nitrogens with zero attached hydrogens (tertiary/aromatic N) is 3. The lowest BCUT2D eigenvalue weighted by atomic mass is 10.1. The molecule has 0 bridgehead atoms. The van der Waals surface area contributed by atoms with E-state index in [4.69, 9.17) is 0 Å². The number of amides is 1. The van der Waals surface area contributed by atoms with E-state index in [-0.39, 0.29) is 17.1 Å². The summed E-state index contributed by atoms with van der Waals surface area (Å²) in [6, 6.07) is 6.01. The summed E-state index contributed by atoms with van der Waals surface area (Å²) in [7, 11) is -3.72. The number of aliphatic hydroxyl groups is 1. The predicted octanol–water partition coefficient (Wildman–Crippen LogP) is 0.874. The highest BCUT2D eigenvalue weighted by molar-refractivity contribution is 7.89. The molecule has 0 saturated carbocycles. The molecule has 2 heterocycles. The first kappa shape index (κ1) is 17.5.